The van der Waals surface area contributed by atoms with Gasteiger partial charge in [0.1, 0.15) is 0 Å². The highest BCUT2D eigenvalue weighted by molar-refractivity contribution is 9.11. The van der Waals surface area contributed by atoms with Crippen LogP contribution < -0.4 is 0 Å². The van der Waals surface area contributed by atoms with Gasteiger partial charge in [0.05, 0.1) is 13.2 Å². The second kappa shape index (κ2) is 3.57. The average molecular weight is 245 g/mol. The van der Waals surface area contributed by atoms with Gasteiger partial charge in [-0.05, 0) is 23.6 Å². The third-order valence-electron chi connectivity index (χ3n) is 2.55. The fourth-order valence-electron chi connectivity index (χ4n) is 1.74. The number of fused-ring (bicyclic) bond motifs is 1. The average Bonchev–Trinajstić information content (AvgIpc) is 2.46. The molecule has 13 heavy (non-hydrogen) atoms. The van der Waals surface area contributed by atoms with Crippen LogP contribution in [0, 0.1) is 0 Å². The van der Waals surface area contributed by atoms with Crippen molar-refractivity contribution in [2.24, 2.45) is 0 Å². The Kier molecular flexibility index (Phi) is 2.60. The molecule has 1 aliphatic heterocycles. The SMILES string of the molecule is OCC1=C(Br)C=C2COB(O)C2C1. The van der Waals surface area contributed by atoms with Gasteiger partial charge in [-0.2, -0.15) is 0 Å². The van der Waals surface area contributed by atoms with E-state index in [4.69, 9.17) is 9.76 Å². The van der Waals surface area contributed by atoms with E-state index in [1.54, 1.807) is 0 Å². The van der Waals surface area contributed by atoms with Gasteiger partial charge in [0.25, 0.3) is 0 Å². The molecular formula is C8H10BBrO3. The summed E-state index contributed by atoms with van der Waals surface area (Å²) in [7, 11) is -0.701. The zero-order valence-corrected chi connectivity index (χ0v) is 8.62. The van der Waals surface area contributed by atoms with Crippen molar-refractivity contribution in [1.29, 1.82) is 0 Å². The summed E-state index contributed by atoms with van der Waals surface area (Å²) < 4.78 is 6.03. The van der Waals surface area contributed by atoms with Gasteiger partial charge in [-0.1, -0.05) is 15.9 Å². The van der Waals surface area contributed by atoms with Gasteiger partial charge in [0, 0.05) is 10.3 Å². The molecule has 3 nitrogen and oxygen atoms in total. The van der Waals surface area contributed by atoms with Gasteiger partial charge in [0.2, 0.25) is 0 Å². The van der Waals surface area contributed by atoms with E-state index in [0.717, 1.165) is 15.6 Å². The molecule has 70 valence electrons. The topological polar surface area (TPSA) is 49.7 Å². The standard InChI is InChI=1S/C8H10BBrO3/c10-8-2-6-4-13-9(12)7(6)1-5(8)3-11/h2,7,11-12H,1,3-4H2. The van der Waals surface area contributed by atoms with Crippen LogP contribution in [-0.4, -0.2) is 30.5 Å². The molecule has 1 fully saturated rings. The first-order valence-electron chi connectivity index (χ1n) is 4.21. The van der Waals surface area contributed by atoms with Gasteiger partial charge in [-0.25, -0.2) is 0 Å². The van der Waals surface area contributed by atoms with Crippen LogP contribution in [-0.2, 0) is 4.65 Å². The van der Waals surface area contributed by atoms with Gasteiger partial charge >= 0.3 is 7.12 Å². The number of rotatable bonds is 1. The highest BCUT2D eigenvalue weighted by Crippen LogP contribution is 2.40. The molecule has 1 aliphatic carbocycles. The van der Waals surface area contributed by atoms with Crippen molar-refractivity contribution in [2.75, 3.05) is 13.2 Å². The normalized spacial score (nSPS) is 27.8. The summed E-state index contributed by atoms with van der Waals surface area (Å²) in [5, 5.41) is 18.5. The van der Waals surface area contributed by atoms with Crippen LogP contribution in [0.1, 0.15) is 6.42 Å². The fourth-order valence-corrected chi connectivity index (χ4v) is 2.32. The lowest BCUT2D eigenvalue weighted by atomic mass is 9.66. The van der Waals surface area contributed by atoms with E-state index in [-0.39, 0.29) is 12.4 Å². The highest BCUT2D eigenvalue weighted by atomic mass is 79.9. The van der Waals surface area contributed by atoms with Crippen LogP contribution in [0.15, 0.2) is 21.7 Å². The first-order chi connectivity index (χ1) is 6.22. The molecule has 5 heteroatoms. The summed E-state index contributed by atoms with van der Waals surface area (Å²) in [6.07, 6.45) is 2.63. The first-order valence-corrected chi connectivity index (χ1v) is 5.00. The molecule has 0 aromatic heterocycles. The zero-order chi connectivity index (χ0) is 9.42. The van der Waals surface area contributed by atoms with Crippen LogP contribution >= 0.6 is 15.9 Å². The summed E-state index contributed by atoms with van der Waals surface area (Å²) >= 11 is 3.38. The highest BCUT2D eigenvalue weighted by Gasteiger charge is 2.38. The lowest BCUT2D eigenvalue weighted by Crippen LogP contribution is -2.19. The van der Waals surface area contributed by atoms with Crippen molar-refractivity contribution >= 4 is 23.0 Å². The summed E-state index contributed by atoms with van der Waals surface area (Å²) in [5.41, 5.74) is 2.04. The predicted molar refractivity (Wildman–Crippen MR) is 53.4 cm³/mol. The molecule has 1 unspecified atom stereocenters. The van der Waals surface area contributed by atoms with E-state index in [0.29, 0.717) is 13.0 Å². The Labute approximate surface area is 85.4 Å². The van der Waals surface area contributed by atoms with Gasteiger partial charge < -0.3 is 14.8 Å². The van der Waals surface area contributed by atoms with E-state index >= 15 is 0 Å². The number of halogens is 1. The molecule has 1 atom stereocenters. The van der Waals surface area contributed by atoms with Gasteiger partial charge in [0.15, 0.2) is 0 Å². The Morgan fingerprint density at radius 1 is 1.69 bits per heavy atom. The molecular weight excluding hydrogens is 235 g/mol. The van der Waals surface area contributed by atoms with Crippen LogP contribution in [0.5, 0.6) is 0 Å². The van der Waals surface area contributed by atoms with Crippen molar-refractivity contribution in [3.63, 3.8) is 0 Å². The maximum Gasteiger partial charge on any atom is 0.462 e. The van der Waals surface area contributed by atoms with Crippen LogP contribution in [0.2, 0.25) is 5.82 Å². The number of hydrogen-bond acceptors (Lipinski definition) is 3. The molecule has 1 heterocycles. The van der Waals surface area contributed by atoms with Crippen molar-refractivity contribution in [3.05, 3.63) is 21.7 Å². The predicted octanol–water partition coefficient (Wildman–Crippen LogP) is 0.839. The Bertz CT molecular complexity index is 287. The Morgan fingerprint density at radius 3 is 3.15 bits per heavy atom. The van der Waals surface area contributed by atoms with Crippen LogP contribution in [0.3, 0.4) is 0 Å². The smallest absolute Gasteiger partial charge is 0.427 e. The minimum atomic E-state index is -0.701. The molecule has 0 spiro atoms. The second-order valence-corrected chi connectivity index (χ2v) is 4.20. The third kappa shape index (κ3) is 1.61. The minimum Gasteiger partial charge on any atom is -0.427 e. The lowest BCUT2D eigenvalue weighted by molar-refractivity contribution is 0.310. The fraction of sp³-hybridized carbons (Fsp3) is 0.500. The molecule has 0 saturated carbocycles. The molecule has 1 saturated heterocycles. The van der Waals surface area contributed by atoms with Gasteiger partial charge in [-0.3, -0.25) is 0 Å². The largest absolute Gasteiger partial charge is 0.462 e. The van der Waals surface area contributed by atoms with Crippen LogP contribution in [0.25, 0.3) is 0 Å². The van der Waals surface area contributed by atoms with E-state index in [1.807, 2.05) is 6.08 Å². The van der Waals surface area contributed by atoms with Crippen molar-refractivity contribution in [3.8, 4) is 0 Å². The van der Waals surface area contributed by atoms with E-state index in [9.17, 15) is 5.02 Å². The quantitative estimate of drug-likeness (QED) is 0.673. The molecule has 0 aromatic rings. The molecule has 2 aliphatic rings. The Morgan fingerprint density at radius 2 is 2.46 bits per heavy atom. The summed E-state index contributed by atoms with van der Waals surface area (Å²) in [6.45, 7) is 0.535. The second-order valence-electron chi connectivity index (χ2n) is 3.34. The molecule has 0 bridgehead atoms. The van der Waals surface area contributed by atoms with E-state index in [1.165, 1.54) is 0 Å². The Hall–Kier alpha value is -0.0951. The summed E-state index contributed by atoms with van der Waals surface area (Å²) in [5.74, 6) is 0.0449. The number of aliphatic hydroxyl groups is 1. The van der Waals surface area contributed by atoms with Crippen LogP contribution in [0.4, 0.5) is 0 Å². The molecule has 2 N–H and O–H groups in total. The first kappa shape index (κ1) is 9.46. The van der Waals surface area contributed by atoms with Crippen molar-refractivity contribution < 1.29 is 14.8 Å². The number of hydrogen-bond donors (Lipinski definition) is 2. The number of allylic oxidation sites excluding steroid dienone is 2. The zero-order valence-electron chi connectivity index (χ0n) is 7.03. The summed E-state index contributed by atoms with van der Waals surface area (Å²) in [6, 6.07) is 0. The number of aliphatic hydroxyl groups excluding tert-OH is 1. The Balaban J connectivity index is 2.26. The van der Waals surface area contributed by atoms with Crippen molar-refractivity contribution in [1.82, 2.24) is 0 Å². The lowest BCUT2D eigenvalue weighted by Gasteiger charge is -2.18. The molecule has 0 amide bonds. The van der Waals surface area contributed by atoms with Gasteiger partial charge in [-0.15, -0.1) is 0 Å². The summed E-state index contributed by atoms with van der Waals surface area (Å²) in [4.78, 5) is 0. The molecule has 2 rings (SSSR count). The molecule has 0 radical (unpaired) electrons. The van der Waals surface area contributed by atoms with E-state index < -0.39 is 7.12 Å². The maximum absolute atomic E-state index is 9.44. The van der Waals surface area contributed by atoms with Crippen molar-refractivity contribution in [2.45, 2.75) is 12.2 Å². The molecule has 0 aromatic carbocycles. The van der Waals surface area contributed by atoms with E-state index in [2.05, 4.69) is 15.9 Å². The third-order valence-corrected chi connectivity index (χ3v) is 3.34. The maximum atomic E-state index is 9.44. The monoisotopic (exact) mass is 244 g/mol. The minimum absolute atomic E-state index is 0.0353.